The molecule has 1 aliphatic heterocycles. The summed E-state index contributed by atoms with van der Waals surface area (Å²) < 4.78 is 0. The number of thioether (sulfide) groups is 1. The van der Waals surface area contributed by atoms with Crippen molar-refractivity contribution >= 4 is 23.4 Å². The average Bonchev–Trinajstić information content (AvgIpc) is 2.30. The highest BCUT2D eigenvalue weighted by Crippen LogP contribution is 2.29. The monoisotopic (exact) mass is 256 g/mol. The first-order valence-electron chi connectivity index (χ1n) is 5.80. The third-order valence-corrected chi connectivity index (χ3v) is 4.72. The number of hydrogen-bond acceptors (Lipinski definition) is 2. The summed E-state index contributed by atoms with van der Waals surface area (Å²) in [7, 11) is 0. The van der Waals surface area contributed by atoms with Gasteiger partial charge in [0.25, 0.3) is 0 Å². The maximum Gasteiger partial charge on any atom is 0.0699 e. The molecule has 0 spiro atoms. The first-order chi connectivity index (χ1) is 7.75. The second kappa shape index (κ2) is 5.95. The van der Waals surface area contributed by atoms with E-state index in [1.807, 2.05) is 36.0 Å². The first-order valence-corrected chi connectivity index (χ1v) is 7.22. The van der Waals surface area contributed by atoms with Crippen molar-refractivity contribution in [2.45, 2.75) is 37.0 Å². The molecule has 0 aliphatic carbocycles. The summed E-state index contributed by atoms with van der Waals surface area (Å²) in [6.45, 7) is 0. The molecule has 1 N–H and O–H groups in total. The van der Waals surface area contributed by atoms with Gasteiger partial charge in [-0.3, -0.25) is 0 Å². The topological polar surface area (TPSA) is 20.2 Å². The summed E-state index contributed by atoms with van der Waals surface area (Å²) in [6.07, 6.45) is 4.18. The molecule has 88 valence electrons. The molecule has 2 unspecified atom stereocenters. The molecular weight excluding hydrogens is 240 g/mol. The van der Waals surface area contributed by atoms with Crippen molar-refractivity contribution < 1.29 is 5.11 Å². The van der Waals surface area contributed by atoms with E-state index in [0.717, 1.165) is 23.4 Å². The molecule has 1 saturated heterocycles. The van der Waals surface area contributed by atoms with Crippen LogP contribution in [0.3, 0.4) is 0 Å². The Hall–Kier alpha value is -0.180. The normalized spacial score (nSPS) is 23.0. The van der Waals surface area contributed by atoms with Crippen molar-refractivity contribution in [3.8, 4) is 0 Å². The largest absolute Gasteiger partial charge is 0.392 e. The summed E-state index contributed by atoms with van der Waals surface area (Å²) in [4.78, 5) is 0. The molecule has 1 aliphatic rings. The van der Waals surface area contributed by atoms with Gasteiger partial charge in [0.1, 0.15) is 0 Å². The van der Waals surface area contributed by atoms with E-state index in [9.17, 15) is 5.11 Å². The van der Waals surface area contributed by atoms with Crippen LogP contribution in [0.1, 0.15) is 24.8 Å². The minimum Gasteiger partial charge on any atom is -0.392 e. The highest BCUT2D eigenvalue weighted by atomic mass is 35.5. The minimum absolute atomic E-state index is 0.233. The Labute approximate surface area is 106 Å². The van der Waals surface area contributed by atoms with Gasteiger partial charge in [-0.2, -0.15) is 11.8 Å². The van der Waals surface area contributed by atoms with Crippen LogP contribution in [-0.4, -0.2) is 22.2 Å². The van der Waals surface area contributed by atoms with E-state index in [1.165, 1.54) is 18.6 Å². The molecule has 1 fully saturated rings. The predicted molar refractivity (Wildman–Crippen MR) is 71.3 cm³/mol. The fraction of sp³-hybridized carbons (Fsp3) is 0.538. The quantitative estimate of drug-likeness (QED) is 0.893. The molecule has 1 nitrogen and oxygen atoms in total. The van der Waals surface area contributed by atoms with Crippen LogP contribution in [0.15, 0.2) is 24.3 Å². The summed E-state index contributed by atoms with van der Waals surface area (Å²) in [5.74, 6) is 1.19. The van der Waals surface area contributed by atoms with Crippen molar-refractivity contribution in [2.75, 3.05) is 5.75 Å². The second-order valence-electron chi connectivity index (χ2n) is 4.31. The van der Waals surface area contributed by atoms with Crippen LogP contribution in [0.5, 0.6) is 0 Å². The smallest absolute Gasteiger partial charge is 0.0699 e. The molecule has 1 aromatic carbocycles. The van der Waals surface area contributed by atoms with Gasteiger partial charge in [-0.05, 0) is 42.7 Å². The van der Waals surface area contributed by atoms with Gasteiger partial charge in [0, 0.05) is 10.3 Å². The molecule has 0 aromatic heterocycles. The van der Waals surface area contributed by atoms with Crippen LogP contribution >= 0.6 is 23.4 Å². The number of benzene rings is 1. The van der Waals surface area contributed by atoms with Gasteiger partial charge in [0.2, 0.25) is 0 Å². The maximum atomic E-state index is 10.2. The highest BCUT2D eigenvalue weighted by Gasteiger charge is 2.22. The van der Waals surface area contributed by atoms with Crippen molar-refractivity contribution in [1.29, 1.82) is 0 Å². The molecule has 0 radical (unpaired) electrons. The predicted octanol–water partition coefficient (Wildman–Crippen LogP) is 3.53. The van der Waals surface area contributed by atoms with Crippen molar-refractivity contribution in [2.24, 2.45) is 0 Å². The van der Waals surface area contributed by atoms with E-state index >= 15 is 0 Å². The zero-order valence-corrected chi connectivity index (χ0v) is 10.8. The fourth-order valence-electron chi connectivity index (χ4n) is 2.11. The summed E-state index contributed by atoms with van der Waals surface area (Å²) in [5, 5.41) is 11.3. The summed E-state index contributed by atoms with van der Waals surface area (Å²) in [5.41, 5.74) is 1.13. The number of aliphatic hydroxyl groups is 1. The molecule has 16 heavy (non-hydrogen) atoms. The van der Waals surface area contributed by atoms with Gasteiger partial charge in [-0.15, -0.1) is 0 Å². The van der Waals surface area contributed by atoms with E-state index in [2.05, 4.69) is 0 Å². The lowest BCUT2D eigenvalue weighted by molar-refractivity contribution is 0.166. The van der Waals surface area contributed by atoms with Crippen LogP contribution in [0.2, 0.25) is 5.02 Å². The third kappa shape index (κ3) is 3.41. The zero-order valence-electron chi connectivity index (χ0n) is 9.23. The lowest BCUT2D eigenvalue weighted by Crippen LogP contribution is -2.27. The van der Waals surface area contributed by atoms with Crippen LogP contribution < -0.4 is 0 Å². The SMILES string of the molecule is OC(Cc1cccc(Cl)c1)C1CCCCS1. The summed E-state index contributed by atoms with van der Waals surface area (Å²) in [6, 6.07) is 7.78. The molecular formula is C13H17ClOS. The lowest BCUT2D eigenvalue weighted by Gasteiger charge is -2.26. The molecule has 2 atom stereocenters. The maximum absolute atomic E-state index is 10.2. The van der Waals surface area contributed by atoms with Crippen LogP contribution in [0.25, 0.3) is 0 Å². The third-order valence-electron chi connectivity index (χ3n) is 2.98. The Morgan fingerprint density at radius 2 is 2.31 bits per heavy atom. The van der Waals surface area contributed by atoms with Gasteiger partial charge in [0.05, 0.1) is 6.10 Å². The molecule has 1 aromatic rings. The Kier molecular flexibility index (Phi) is 4.56. The number of aliphatic hydroxyl groups excluding tert-OH is 1. The van der Waals surface area contributed by atoms with Crippen molar-refractivity contribution in [1.82, 2.24) is 0 Å². The fourth-order valence-corrected chi connectivity index (χ4v) is 3.64. The Morgan fingerprint density at radius 3 is 3.00 bits per heavy atom. The van der Waals surface area contributed by atoms with Gasteiger partial charge in [-0.25, -0.2) is 0 Å². The Balaban J connectivity index is 1.93. The first kappa shape index (κ1) is 12.3. The Bertz CT molecular complexity index is 336. The van der Waals surface area contributed by atoms with E-state index in [4.69, 9.17) is 11.6 Å². The van der Waals surface area contributed by atoms with Crippen LogP contribution in [0, 0.1) is 0 Å². The zero-order chi connectivity index (χ0) is 11.4. The van der Waals surface area contributed by atoms with Gasteiger partial charge in [0.15, 0.2) is 0 Å². The van der Waals surface area contributed by atoms with E-state index in [1.54, 1.807) is 0 Å². The molecule has 2 rings (SSSR count). The second-order valence-corrected chi connectivity index (χ2v) is 6.09. The van der Waals surface area contributed by atoms with Crippen LogP contribution in [0.4, 0.5) is 0 Å². The number of hydrogen-bond donors (Lipinski definition) is 1. The van der Waals surface area contributed by atoms with Crippen molar-refractivity contribution in [3.05, 3.63) is 34.9 Å². The van der Waals surface area contributed by atoms with E-state index in [0.29, 0.717) is 5.25 Å². The van der Waals surface area contributed by atoms with E-state index < -0.39 is 0 Å². The van der Waals surface area contributed by atoms with Crippen molar-refractivity contribution in [3.63, 3.8) is 0 Å². The van der Waals surface area contributed by atoms with Gasteiger partial charge < -0.3 is 5.11 Å². The molecule has 1 heterocycles. The number of rotatable bonds is 3. The summed E-state index contributed by atoms with van der Waals surface area (Å²) >= 11 is 7.84. The van der Waals surface area contributed by atoms with E-state index in [-0.39, 0.29) is 6.10 Å². The molecule has 0 saturated carbocycles. The molecule has 0 bridgehead atoms. The van der Waals surface area contributed by atoms with Gasteiger partial charge in [-0.1, -0.05) is 30.2 Å². The molecule has 3 heteroatoms. The Morgan fingerprint density at radius 1 is 1.44 bits per heavy atom. The number of halogens is 1. The van der Waals surface area contributed by atoms with Crippen LogP contribution in [-0.2, 0) is 6.42 Å². The lowest BCUT2D eigenvalue weighted by atomic mass is 10.0. The highest BCUT2D eigenvalue weighted by molar-refractivity contribution is 8.00. The minimum atomic E-state index is -0.233. The standard InChI is InChI=1S/C13H17ClOS/c14-11-5-3-4-10(8-11)9-12(15)13-6-1-2-7-16-13/h3-5,8,12-13,15H,1-2,6-7,9H2. The molecule has 0 amide bonds. The van der Waals surface area contributed by atoms with Gasteiger partial charge >= 0.3 is 0 Å². The average molecular weight is 257 g/mol.